The zero-order valence-electron chi connectivity index (χ0n) is 19.1. The highest BCUT2D eigenvalue weighted by Crippen LogP contribution is 2.20. The van der Waals surface area contributed by atoms with Gasteiger partial charge in [-0.05, 0) is 53.5 Å². The van der Waals surface area contributed by atoms with Crippen LogP contribution in [-0.4, -0.2) is 18.3 Å². The van der Waals surface area contributed by atoms with Gasteiger partial charge in [0.15, 0.2) is 5.43 Å². The summed E-state index contributed by atoms with van der Waals surface area (Å²) in [5.41, 5.74) is 4.40. The standard InChI is InChI=1S/C25H36O4/c1-9-18(4)23(26)19(5)15-17(3)12-10-11-16(2)13-14-22-20(6)24(27)21(7)25(28-8)29-22/h9-10,12-13,15,19,23,26H,11,14H2,1-8H3. The molecule has 0 amide bonds. The van der Waals surface area contributed by atoms with E-state index in [1.807, 2.05) is 33.8 Å². The van der Waals surface area contributed by atoms with E-state index in [0.717, 1.165) is 17.6 Å². The summed E-state index contributed by atoms with van der Waals surface area (Å²) in [6.45, 7) is 13.5. The van der Waals surface area contributed by atoms with Crippen LogP contribution in [0.15, 0.2) is 56.3 Å². The fourth-order valence-corrected chi connectivity index (χ4v) is 3.08. The predicted molar refractivity (Wildman–Crippen MR) is 121 cm³/mol. The van der Waals surface area contributed by atoms with Crippen LogP contribution in [0, 0.1) is 19.8 Å². The fourth-order valence-electron chi connectivity index (χ4n) is 3.08. The van der Waals surface area contributed by atoms with Crippen molar-refractivity contribution in [3.05, 3.63) is 74.2 Å². The highest BCUT2D eigenvalue weighted by Gasteiger charge is 2.14. The van der Waals surface area contributed by atoms with E-state index in [0.29, 0.717) is 23.3 Å². The second-order valence-corrected chi connectivity index (χ2v) is 7.70. The molecule has 0 aromatic carbocycles. The van der Waals surface area contributed by atoms with E-state index >= 15 is 0 Å². The van der Waals surface area contributed by atoms with Gasteiger partial charge in [0.05, 0.1) is 18.8 Å². The number of aliphatic hydroxyl groups is 1. The molecule has 1 N–H and O–H groups in total. The number of methoxy groups -OCH3 is 1. The lowest BCUT2D eigenvalue weighted by Gasteiger charge is -2.16. The molecule has 1 heterocycles. The molecule has 0 radical (unpaired) electrons. The second-order valence-electron chi connectivity index (χ2n) is 7.70. The third kappa shape index (κ3) is 7.21. The van der Waals surface area contributed by atoms with Gasteiger partial charge in [0.25, 0.3) is 5.95 Å². The van der Waals surface area contributed by atoms with Crippen molar-refractivity contribution in [3.8, 4) is 5.95 Å². The van der Waals surface area contributed by atoms with Gasteiger partial charge in [0.2, 0.25) is 0 Å². The predicted octanol–water partition coefficient (Wildman–Crippen LogP) is 5.61. The van der Waals surface area contributed by atoms with Crippen molar-refractivity contribution in [2.45, 2.75) is 67.4 Å². The van der Waals surface area contributed by atoms with Crippen LogP contribution in [0.3, 0.4) is 0 Å². The Labute approximate surface area is 175 Å². The monoisotopic (exact) mass is 400 g/mol. The van der Waals surface area contributed by atoms with E-state index < -0.39 is 6.10 Å². The Balaban J connectivity index is 2.77. The number of aliphatic hydroxyl groups excluding tert-OH is 1. The van der Waals surface area contributed by atoms with Crippen LogP contribution in [0.25, 0.3) is 0 Å². The normalized spacial score (nSPS) is 15.7. The Kier molecular flexibility index (Phi) is 9.90. The van der Waals surface area contributed by atoms with Crippen molar-refractivity contribution >= 4 is 0 Å². The third-order valence-corrected chi connectivity index (χ3v) is 5.21. The lowest BCUT2D eigenvalue weighted by atomic mass is 9.96. The summed E-state index contributed by atoms with van der Waals surface area (Å²) < 4.78 is 10.9. The van der Waals surface area contributed by atoms with Gasteiger partial charge in [-0.1, -0.05) is 48.5 Å². The molecule has 2 atom stereocenters. The van der Waals surface area contributed by atoms with Gasteiger partial charge >= 0.3 is 0 Å². The fraction of sp³-hybridized carbons (Fsp3) is 0.480. The van der Waals surface area contributed by atoms with Crippen LogP contribution in [0.1, 0.15) is 57.9 Å². The molecule has 0 saturated carbocycles. The minimum absolute atomic E-state index is 0.0285. The molecule has 0 spiro atoms. The topological polar surface area (TPSA) is 59.7 Å². The average Bonchev–Trinajstić information content (AvgIpc) is 2.70. The second kappa shape index (κ2) is 11.6. The maximum atomic E-state index is 12.3. The molecule has 0 aliphatic heterocycles. The molecule has 0 aliphatic rings. The van der Waals surface area contributed by atoms with E-state index in [2.05, 4.69) is 31.2 Å². The summed E-state index contributed by atoms with van der Waals surface area (Å²) in [5.74, 6) is 0.987. The summed E-state index contributed by atoms with van der Waals surface area (Å²) in [5, 5.41) is 10.2. The molecule has 0 fully saturated rings. The van der Waals surface area contributed by atoms with Gasteiger partial charge in [-0.15, -0.1) is 0 Å². The van der Waals surface area contributed by atoms with Crippen LogP contribution in [0.5, 0.6) is 5.95 Å². The van der Waals surface area contributed by atoms with Crippen molar-refractivity contribution < 1.29 is 14.3 Å². The Morgan fingerprint density at radius 1 is 1.21 bits per heavy atom. The summed E-state index contributed by atoms with van der Waals surface area (Å²) in [6, 6.07) is 0. The molecule has 0 bridgehead atoms. The van der Waals surface area contributed by atoms with Crippen LogP contribution in [0.4, 0.5) is 0 Å². The molecule has 29 heavy (non-hydrogen) atoms. The quantitative estimate of drug-likeness (QED) is 0.432. The van der Waals surface area contributed by atoms with Crippen LogP contribution in [0.2, 0.25) is 0 Å². The number of ether oxygens (including phenoxy) is 1. The SMILES string of the molecule is CC=C(C)C(O)C(C)C=C(C)C=CCC(C)=CCc1oc(OC)c(C)c(=O)c1C. The number of rotatable bonds is 9. The van der Waals surface area contributed by atoms with E-state index in [-0.39, 0.29) is 17.3 Å². The molecule has 0 saturated heterocycles. The first-order valence-corrected chi connectivity index (χ1v) is 10.1. The van der Waals surface area contributed by atoms with Crippen molar-refractivity contribution in [1.82, 2.24) is 0 Å². The molecule has 160 valence electrons. The van der Waals surface area contributed by atoms with Gasteiger partial charge < -0.3 is 14.3 Å². The first kappa shape index (κ1) is 24.7. The van der Waals surface area contributed by atoms with E-state index in [9.17, 15) is 9.90 Å². The molecule has 0 aliphatic carbocycles. The number of allylic oxidation sites excluding steroid dienone is 6. The molecule has 2 unspecified atom stereocenters. The largest absolute Gasteiger partial charge is 0.468 e. The van der Waals surface area contributed by atoms with E-state index in [1.165, 1.54) is 12.7 Å². The minimum atomic E-state index is -0.450. The van der Waals surface area contributed by atoms with Gasteiger partial charge in [0, 0.05) is 17.9 Å². The zero-order valence-corrected chi connectivity index (χ0v) is 19.1. The molecule has 4 nitrogen and oxygen atoms in total. The molecular weight excluding hydrogens is 364 g/mol. The minimum Gasteiger partial charge on any atom is -0.468 e. The first-order valence-electron chi connectivity index (χ1n) is 10.1. The van der Waals surface area contributed by atoms with Gasteiger partial charge in [-0.3, -0.25) is 4.79 Å². The Morgan fingerprint density at radius 3 is 2.45 bits per heavy atom. The highest BCUT2D eigenvalue weighted by molar-refractivity contribution is 5.30. The highest BCUT2D eigenvalue weighted by atomic mass is 16.6. The van der Waals surface area contributed by atoms with E-state index in [1.54, 1.807) is 13.8 Å². The Morgan fingerprint density at radius 2 is 1.86 bits per heavy atom. The van der Waals surface area contributed by atoms with Crippen molar-refractivity contribution in [2.75, 3.05) is 7.11 Å². The van der Waals surface area contributed by atoms with Gasteiger partial charge in [-0.2, -0.15) is 0 Å². The first-order chi connectivity index (χ1) is 13.6. The summed E-state index contributed by atoms with van der Waals surface area (Å²) in [6.07, 6.45) is 11.2. The maximum absolute atomic E-state index is 12.3. The Bertz CT molecular complexity index is 866. The summed E-state index contributed by atoms with van der Waals surface area (Å²) in [7, 11) is 1.51. The molecule has 1 rings (SSSR count). The van der Waals surface area contributed by atoms with Crippen molar-refractivity contribution in [3.63, 3.8) is 0 Å². The number of hydrogen-bond acceptors (Lipinski definition) is 4. The van der Waals surface area contributed by atoms with Gasteiger partial charge in [-0.25, -0.2) is 0 Å². The number of hydrogen-bond donors (Lipinski definition) is 1. The molecule has 1 aromatic rings. The van der Waals surface area contributed by atoms with Crippen LogP contribution < -0.4 is 10.2 Å². The molecule has 4 heteroatoms. The molecule has 1 aromatic heterocycles. The third-order valence-electron chi connectivity index (χ3n) is 5.21. The smallest absolute Gasteiger partial charge is 0.291 e. The van der Waals surface area contributed by atoms with Crippen LogP contribution >= 0.6 is 0 Å². The lowest BCUT2D eigenvalue weighted by molar-refractivity contribution is 0.173. The van der Waals surface area contributed by atoms with Gasteiger partial charge in [0.1, 0.15) is 5.76 Å². The maximum Gasteiger partial charge on any atom is 0.291 e. The Hall–Kier alpha value is -2.33. The zero-order chi connectivity index (χ0) is 22.1. The van der Waals surface area contributed by atoms with Crippen molar-refractivity contribution in [1.29, 1.82) is 0 Å². The average molecular weight is 401 g/mol. The van der Waals surface area contributed by atoms with E-state index in [4.69, 9.17) is 9.15 Å². The summed E-state index contributed by atoms with van der Waals surface area (Å²) >= 11 is 0. The van der Waals surface area contributed by atoms with Crippen molar-refractivity contribution in [2.24, 2.45) is 5.92 Å². The lowest BCUT2D eigenvalue weighted by Crippen LogP contribution is -2.17. The summed E-state index contributed by atoms with van der Waals surface area (Å²) in [4.78, 5) is 12.3. The van der Waals surface area contributed by atoms with Crippen LogP contribution in [-0.2, 0) is 6.42 Å². The molecular formula is C25H36O4.